The molecule has 2 rings (SSSR count). The Morgan fingerprint density at radius 3 is 2.24 bits per heavy atom. The van der Waals surface area contributed by atoms with Gasteiger partial charge in [-0.3, -0.25) is 0 Å². The van der Waals surface area contributed by atoms with Gasteiger partial charge in [0.2, 0.25) is 0 Å². The van der Waals surface area contributed by atoms with Crippen LogP contribution < -0.4 is 11.1 Å². The fourth-order valence-electron chi connectivity index (χ4n) is 1.64. The molecule has 17 heavy (non-hydrogen) atoms. The fraction of sp³-hybridized carbons (Fsp3) is 0.143. The summed E-state index contributed by atoms with van der Waals surface area (Å²) in [6, 6.07) is 18.3. The molecular weight excluding hydrogens is 232 g/mol. The number of nitrogens with one attached hydrogen (secondary N) is 1. The van der Waals surface area contributed by atoms with Crippen LogP contribution in [-0.2, 0) is 6.42 Å². The summed E-state index contributed by atoms with van der Waals surface area (Å²) < 4.78 is 0. The third-order valence-corrected chi connectivity index (χ3v) is 2.53. The fourth-order valence-corrected chi connectivity index (χ4v) is 1.64. The van der Waals surface area contributed by atoms with Crippen LogP contribution in [0, 0.1) is 0 Å². The molecule has 0 amide bonds. The van der Waals surface area contributed by atoms with E-state index in [0.29, 0.717) is 0 Å². The Kier molecular flexibility index (Phi) is 5.37. The topological polar surface area (TPSA) is 38.0 Å². The average Bonchev–Trinajstić information content (AvgIpc) is 2.33. The molecule has 0 aliphatic heterocycles. The number of hydrogen-bond acceptors (Lipinski definition) is 2. The molecule has 0 radical (unpaired) electrons. The number of anilines is 2. The molecule has 0 unspecified atom stereocenters. The smallest absolute Gasteiger partial charge is 0.0574 e. The average molecular weight is 249 g/mol. The van der Waals surface area contributed by atoms with Crippen LogP contribution in [0.4, 0.5) is 11.4 Å². The minimum absolute atomic E-state index is 0. The molecule has 0 heterocycles. The number of halogens is 1. The predicted molar refractivity (Wildman–Crippen MR) is 76.7 cm³/mol. The first kappa shape index (κ1) is 13.4. The summed E-state index contributed by atoms with van der Waals surface area (Å²) in [6.07, 6.45) is 1.01. The van der Waals surface area contributed by atoms with E-state index in [9.17, 15) is 0 Å². The maximum atomic E-state index is 5.84. The van der Waals surface area contributed by atoms with E-state index in [1.807, 2.05) is 30.3 Å². The Hall–Kier alpha value is -1.67. The van der Waals surface area contributed by atoms with Crippen LogP contribution in [0.25, 0.3) is 0 Å². The van der Waals surface area contributed by atoms with E-state index in [1.165, 1.54) is 5.56 Å². The van der Waals surface area contributed by atoms with E-state index in [0.717, 1.165) is 24.3 Å². The normalized spacial score (nSPS) is 9.41. The monoisotopic (exact) mass is 248 g/mol. The highest BCUT2D eigenvalue weighted by molar-refractivity contribution is 5.85. The van der Waals surface area contributed by atoms with E-state index in [2.05, 4.69) is 29.6 Å². The third kappa shape index (κ3) is 4.00. The van der Waals surface area contributed by atoms with Gasteiger partial charge >= 0.3 is 0 Å². The molecule has 3 N–H and O–H groups in total. The standard InChI is InChI=1S/C14H16N2.ClH/c15-13-8-4-5-9-14(13)16-11-10-12-6-2-1-3-7-12;/h1-9,16H,10-11,15H2;1H. The van der Waals surface area contributed by atoms with Crippen LogP contribution in [0.1, 0.15) is 5.56 Å². The highest BCUT2D eigenvalue weighted by Crippen LogP contribution is 2.16. The summed E-state index contributed by atoms with van der Waals surface area (Å²) in [5.41, 5.74) is 8.99. The van der Waals surface area contributed by atoms with E-state index in [-0.39, 0.29) is 12.4 Å². The first-order valence-electron chi connectivity index (χ1n) is 5.48. The molecule has 0 saturated heterocycles. The van der Waals surface area contributed by atoms with Crippen LogP contribution >= 0.6 is 12.4 Å². The predicted octanol–water partition coefficient (Wildman–Crippen LogP) is 3.35. The second-order valence-electron chi connectivity index (χ2n) is 3.75. The zero-order valence-electron chi connectivity index (χ0n) is 9.60. The van der Waals surface area contributed by atoms with Gasteiger partial charge in [0.25, 0.3) is 0 Å². The molecule has 3 heteroatoms. The van der Waals surface area contributed by atoms with Gasteiger partial charge in [-0.2, -0.15) is 0 Å². The molecule has 0 bridgehead atoms. The summed E-state index contributed by atoms with van der Waals surface area (Å²) in [4.78, 5) is 0. The van der Waals surface area contributed by atoms with Crippen molar-refractivity contribution in [3.8, 4) is 0 Å². The molecule has 0 aromatic heterocycles. The van der Waals surface area contributed by atoms with Crippen LogP contribution in [0.2, 0.25) is 0 Å². The first-order chi connectivity index (χ1) is 7.86. The molecule has 2 aromatic carbocycles. The van der Waals surface area contributed by atoms with Gasteiger partial charge < -0.3 is 11.1 Å². The van der Waals surface area contributed by atoms with E-state index in [4.69, 9.17) is 5.73 Å². The van der Waals surface area contributed by atoms with Gasteiger partial charge in [-0.15, -0.1) is 12.4 Å². The lowest BCUT2D eigenvalue weighted by Gasteiger charge is -2.08. The zero-order valence-corrected chi connectivity index (χ0v) is 10.4. The zero-order chi connectivity index (χ0) is 11.2. The van der Waals surface area contributed by atoms with Crippen molar-refractivity contribution in [1.82, 2.24) is 0 Å². The van der Waals surface area contributed by atoms with Gasteiger partial charge in [-0.05, 0) is 24.1 Å². The Morgan fingerprint density at radius 1 is 0.882 bits per heavy atom. The van der Waals surface area contributed by atoms with E-state index >= 15 is 0 Å². The maximum absolute atomic E-state index is 5.84. The molecular formula is C14H17ClN2. The van der Waals surface area contributed by atoms with Crippen molar-refractivity contribution < 1.29 is 0 Å². The highest BCUT2D eigenvalue weighted by Gasteiger charge is 1.96. The molecule has 0 fully saturated rings. The Balaban J connectivity index is 0.00000144. The van der Waals surface area contributed by atoms with Crippen molar-refractivity contribution in [2.24, 2.45) is 0 Å². The lowest BCUT2D eigenvalue weighted by molar-refractivity contribution is 1.02. The van der Waals surface area contributed by atoms with Gasteiger partial charge in [0.1, 0.15) is 0 Å². The third-order valence-electron chi connectivity index (χ3n) is 2.53. The van der Waals surface area contributed by atoms with E-state index < -0.39 is 0 Å². The molecule has 90 valence electrons. The second-order valence-corrected chi connectivity index (χ2v) is 3.75. The van der Waals surface area contributed by atoms with Crippen molar-refractivity contribution in [2.75, 3.05) is 17.6 Å². The minimum atomic E-state index is 0. The van der Waals surface area contributed by atoms with Crippen LogP contribution in [0.3, 0.4) is 0 Å². The van der Waals surface area contributed by atoms with Crippen molar-refractivity contribution in [3.05, 3.63) is 60.2 Å². The van der Waals surface area contributed by atoms with Crippen LogP contribution in [0.5, 0.6) is 0 Å². The summed E-state index contributed by atoms with van der Waals surface area (Å²) in [5.74, 6) is 0. The van der Waals surface area contributed by atoms with Crippen molar-refractivity contribution in [1.29, 1.82) is 0 Å². The molecule has 2 aromatic rings. The minimum Gasteiger partial charge on any atom is -0.397 e. The molecule has 0 aliphatic carbocycles. The van der Waals surface area contributed by atoms with Crippen molar-refractivity contribution >= 4 is 23.8 Å². The number of hydrogen-bond donors (Lipinski definition) is 2. The van der Waals surface area contributed by atoms with Crippen molar-refractivity contribution in [3.63, 3.8) is 0 Å². The van der Waals surface area contributed by atoms with Gasteiger partial charge in [-0.25, -0.2) is 0 Å². The number of nitrogen functional groups attached to an aromatic ring is 1. The van der Waals surface area contributed by atoms with E-state index in [1.54, 1.807) is 0 Å². The van der Waals surface area contributed by atoms with Gasteiger partial charge in [0.15, 0.2) is 0 Å². The number of para-hydroxylation sites is 2. The molecule has 0 spiro atoms. The highest BCUT2D eigenvalue weighted by atomic mass is 35.5. The number of benzene rings is 2. The quantitative estimate of drug-likeness (QED) is 0.815. The molecule has 0 atom stereocenters. The summed E-state index contributed by atoms with van der Waals surface area (Å²) >= 11 is 0. The Morgan fingerprint density at radius 2 is 1.53 bits per heavy atom. The Labute approximate surface area is 108 Å². The van der Waals surface area contributed by atoms with Gasteiger partial charge in [0, 0.05) is 6.54 Å². The second kappa shape index (κ2) is 6.81. The maximum Gasteiger partial charge on any atom is 0.0574 e. The lowest BCUT2D eigenvalue weighted by atomic mass is 10.1. The van der Waals surface area contributed by atoms with Crippen molar-refractivity contribution in [2.45, 2.75) is 6.42 Å². The van der Waals surface area contributed by atoms with Crippen LogP contribution in [-0.4, -0.2) is 6.54 Å². The number of rotatable bonds is 4. The lowest BCUT2D eigenvalue weighted by Crippen LogP contribution is -2.06. The summed E-state index contributed by atoms with van der Waals surface area (Å²) in [5, 5.41) is 3.34. The molecule has 0 saturated carbocycles. The Bertz CT molecular complexity index is 443. The summed E-state index contributed by atoms with van der Waals surface area (Å²) in [6.45, 7) is 0.901. The molecule has 2 nitrogen and oxygen atoms in total. The summed E-state index contributed by atoms with van der Waals surface area (Å²) in [7, 11) is 0. The molecule has 0 aliphatic rings. The van der Waals surface area contributed by atoms with Crippen LogP contribution in [0.15, 0.2) is 54.6 Å². The number of nitrogens with two attached hydrogens (primary N) is 1. The first-order valence-corrected chi connectivity index (χ1v) is 5.48. The SMILES string of the molecule is Cl.Nc1ccccc1NCCc1ccccc1. The van der Waals surface area contributed by atoms with Gasteiger partial charge in [0.05, 0.1) is 11.4 Å². The largest absolute Gasteiger partial charge is 0.397 e. The van der Waals surface area contributed by atoms with Gasteiger partial charge in [-0.1, -0.05) is 42.5 Å².